The third-order valence-corrected chi connectivity index (χ3v) is 8.67. The van der Waals surface area contributed by atoms with Gasteiger partial charge in [0, 0.05) is 12.1 Å². The number of nitrogens with one attached hydrogen (secondary N) is 2. The van der Waals surface area contributed by atoms with E-state index in [9.17, 15) is 18.0 Å². The van der Waals surface area contributed by atoms with Crippen molar-refractivity contribution in [3.8, 4) is 17.2 Å². The minimum atomic E-state index is -4.15. The molecule has 1 saturated carbocycles. The van der Waals surface area contributed by atoms with Crippen molar-refractivity contribution < 1.29 is 32.2 Å². The van der Waals surface area contributed by atoms with E-state index in [4.69, 9.17) is 14.2 Å². The number of methoxy groups -OCH3 is 2. The highest BCUT2D eigenvalue weighted by Gasteiger charge is 2.29. The smallest absolute Gasteiger partial charge is 0.264 e. The van der Waals surface area contributed by atoms with Gasteiger partial charge in [-0.3, -0.25) is 13.9 Å². The van der Waals surface area contributed by atoms with Gasteiger partial charge in [0.15, 0.2) is 6.61 Å². The van der Waals surface area contributed by atoms with Crippen molar-refractivity contribution in [2.24, 2.45) is 5.10 Å². The van der Waals surface area contributed by atoms with Gasteiger partial charge in [-0.25, -0.2) is 13.8 Å². The van der Waals surface area contributed by atoms with Crippen LogP contribution >= 0.6 is 0 Å². The Morgan fingerprint density at radius 1 is 0.907 bits per heavy atom. The molecule has 1 aliphatic carbocycles. The van der Waals surface area contributed by atoms with Gasteiger partial charge in [0.25, 0.3) is 21.8 Å². The van der Waals surface area contributed by atoms with Crippen LogP contribution in [-0.2, 0) is 19.6 Å². The van der Waals surface area contributed by atoms with Crippen molar-refractivity contribution >= 4 is 33.7 Å². The quantitative estimate of drug-likeness (QED) is 0.222. The number of carbonyl (C=O) groups excluding carboxylic acids is 2. The Hall–Kier alpha value is -4.58. The second-order valence-electron chi connectivity index (χ2n) is 9.92. The molecule has 0 radical (unpaired) electrons. The highest BCUT2D eigenvalue weighted by Crippen LogP contribution is 2.35. The van der Waals surface area contributed by atoms with Gasteiger partial charge in [-0.1, -0.05) is 37.5 Å². The molecular formula is C31H36N4O7S. The summed E-state index contributed by atoms with van der Waals surface area (Å²) >= 11 is 0. The van der Waals surface area contributed by atoms with Gasteiger partial charge in [0.1, 0.15) is 23.8 Å². The zero-order valence-corrected chi connectivity index (χ0v) is 25.0. The summed E-state index contributed by atoms with van der Waals surface area (Å²) in [4.78, 5) is 25.1. The number of hydrogen-bond donors (Lipinski definition) is 2. The number of hydrogen-bond acceptors (Lipinski definition) is 8. The molecule has 1 aliphatic rings. The van der Waals surface area contributed by atoms with Crippen LogP contribution in [0.5, 0.6) is 17.2 Å². The molecule has 228 valence electrons. The Balaban J connectivity index is 1.38. The van der Waals surface area contributed by atoms with E-state index in [1.165, 1.54) is 51.1 Å². The van der Waals surface area contributed by atoms with Crippen LogP contribution < -0.4 is 29.3 Å². The monoisotopic (exact) mass is 608 g/mol. The lowest BCUT2D eigenvalue weighted by Gasteiger charge is -2.25. The molecule has 2 amide bonds. The number of hydrazone groups is 1. The third-order valence-electron chi connectivity index (χ3n) is 6.90. The van der Waals surface area contributed by atoms with Gasteiger partial charge in [-0.05, 0) is 66.9 Å². The lowest BCUT2D eigenvalue weighted by Crippen LogP contribution is -2.39. The standard InChI is InChI=1S/C31H36N4O7S/c1-40-26-17-18-28(29(19-26)41-2)35(43(38,39)27-11-7-4-8-12-27)21-30(36)34-32-20-23-13-15-25(16-14-23)42-22-31(37)33-24-9-5-3-6-10-24/h4,7-8,11-20,24H,3,5-6,9-10,21-22H2,1-2H3,(H,33,37)(H,34,36)/b32-20-. The summed E-state index contributed by atoms with van der Waals surface area (Å²) in [6.07, 6.45) is 6.92. The van der Waals surface area contributed by atoms with Crippen molar-refractivity contribution in [1.82, 2.24) is 10.7 Å². The topological polar surface area (TPSA) is 136 Å². The Bertz CT molecular complexity index is 1510. The molecular weight excluding hydrogens is 572 g/mol. The molecule has 0 atom stereocenters. The van der Waals surface area contributed by atoms with E-state index in [0.29, 0.717) is 17.1 Å². The van der Waals surface area contributed by atoms with E-state index >= 15 is 0 Å². The lowest BCUT2D eigenvalue weighted by molar-refractivity contribution is -0.124. The number of nitrogens with zero attached hydrogens (tertiary/aromatic N) is 2. The number of carbonyl (C=O) groups is 2. The normalized spacial score (nSPS) is 13.7. The highest BCUT2D eigenvalue weighted by molar-refractivity contribution is 7.92. The maximum absolute atomic E-state index is 13.6. The van der Waals surface area contributed by atoms with Crippen molar-refractivity contribution in [2.45, 2.75) is 43.0 Å². The Morgan fingerprint density at radius 3 is 2.28 bits per heavy atom. The van der Waals surface area contributed by atoms with E-state index < -0.39 is 22.5 Å². The molecule has 1 fully saturated rings. The number of ether oxygens (including phenoxy) is 3. The van der Waals surface area contributed by atoms with Crippen LogP contribution in [0.3, 0.4) is 0 Å². The van der Waals surface area contributed by atoms with Crippen LogP contribution in [-0.4, -0.2) is 59.9 Å². The first-order chi connectivity index (χ1) is 20.8. The van der Waals surface area contributed by atoms with Crippen LogP contribution in [0.25, 0.3) is 0 Å². The van der Waals surface area contributed by atoms with E-state index in [2.05, 4.69) is 15.8 Å². The summed E-state index contributed by atoms with van der Waals surface area (Å²) in [6, 6.07) is 19.5. The van der Waals surface area contributed by atoms with Crippen LogP contribution in [0.2, 0.25) is 0 Å². The van der Waals surface area contributed by atoms with Crippen LogP contribution in [0.1, 0.15) is 37.7 Å². The van der Waals surface area contributed by atoms with Gasteiger partial charge in [0.2, 0.25) is 0 Å². The predicted octanol–water partition coefficient (Wildman–Crippen LogP) is 3.88. The summed E-state index contributed by atoms with van der Waals surface area (Å²) in [7, 11) is -1.26. The van der Waals surface area contributed by atoms with Crippen molar-refractivity contribution in [3.05, 3.63) is 78.4 Å². The molecule has 0 aromatic heterocycles. The summed E-state index contributed by atoms with van der Waals surface area (Å²) in [5.74, 6) is 0.387. The van der Waals surface area contributed by atoms with E-state index in [1.807, 2.05) is 0 Å². The molecule has 43 heavy (non-hydrogen) atoms. The molecule has 12 heteroatoms. The van der Waals surface area contributed by atoms with Gasteiger partial charge < -0.3 is 19.5 Å². The Labute approximate surface area is 251 Å². The van der Waals surface area contributed by atoms with Crippen molar-refractivity contribution in [1.29, 1.82) is 0 Å². The van der Waals surface area contributed by atoms with E-state index in [-0.39, 0.29) is 34.9 Å². The van der Waals surface area contributed by atoms with E-state index in [0.717, 1.165) is 30.0 Å². The highest BCUT2D eigenvalue weighted by atomic mass is 32.2. The number of amides is 2. The SMILES string of the molecule is COc1ccc(N(CC(=O)N/N=C\c2ccc(OCC(=O)NC3CCCCC3)cc2)S(=O)(=O)c2ccccc2)c(OC)c1. The van der Waals surface area contributed by atoms with E-state index in [1.54, 1.807) is 48.5 Å². The largest absolute Gasteiger partial charge is 0.497 e. The molecule has 11 nitrogen and oxygen atoms in total. The van der Waals surface area contributed by atoms with Crippen molar-refractivity contribution in [2.75, 3.05) is 31.7 Å². The minimum absolute atomic E-state index is 0.0120. The first kappa shape index (κ1) is 31.4. The fourth-order valence-corrected chi connectivity index (χ4v) is 6.12. The first-order valence-electron chi connectivity index (χ1n) is 13.9. The van der Waals surface area contributed by atoms with Crippen LogP contribution in [0, 0.1) is 0 Å². The summed E-state index contributed by atoms with van der Waals surface area (Å²) < 4.78 is 44.4. The third kappa shape index (κ3) is 8.71. The fraction of sp³-hybridized carbons (Fsp3) is 0.323. The summed E-state index contributed by atoms with van der Waals surface area (Å²) in [5.41, 5.74) is 3.20. The Morgan fingerprint density at radius 2 is 1.60 bits per heavy atom. The molecule has 0 spiro atoms. The average Bonchev–Trinajstić information content (AvgIpc) is 3.04. The number of rotatable bonds is 13. The summed E-state index contributed by atoms with van der Waals surface area (Å²) in [6.45, 7) is -0.631. The molecule has 3 aromatic carbocycles. The molecule has 3 aromatic rings. The lowest BCUT2D eigenvalue weighted by atomic mass is 9.95. The van der Waals surface area contributed by atoms with Gasteiger partial charge in [0.05, 0.1) is 31.0 Å². The average molecular weight is 609 g/mol. The zero-order valence-electron chi connectivity index (χ0n) is 24.2. The zero-order chi connectivity index (χ0) is 30.7. The fourth-order valence-electron chi connectivity index (χ4n) is 4.67. The second kappa shape index (κ2) is 15.1. The van der Waals surface area contributed by atoms with Gasteiger partial charge >= 0.3 is 0 Å². The number of sulfonamides is 1. The second-order valence-corrected chi connectivity index (χ2v) is 11.8. The van der Waals surface area contributed by atoms with Gasteiger partial charge in [-0.2, -0.15) is 5.10 Å². The maximum Gasteiger partial charge on any atom is 0.264 e. The molecule has 0 aliphatic heterocycles. The molecule has 0 bridgehead atoms. The molecule has 4 rings (SSSR count). The predicted molar refractivity (Wildman–Crippen MR) is 163 cm³/mol. The van der Waals surface area contributed by atoms with Crippen molar-refractivity contribution in [3.63, 3.8) is 0 Å². The summed E-state index contributed by atoms with van der Waals surface area (Å²) in [5, 5.41) is 6.99. The molecule has 0 unspecified atom stereocenters. The number of benzene rings is 3. The maximum atomic E-state index is 13.6. The molecule has 2 N–H and O–H groups in total. The Kier molecular flexibility index (Phi) is 11.0. The molecule has 0 heterocycles. The number of anilines is 1. The minimum Gasteiger partial charge on any atom is -0.497 e. The van der Waals surface area contributed by atoms with Crippen LogP contribution in [0.4, 0.5) is 5.69 Å². The van der Waals surface area contributed by atoms with Gasteiger partial charge in [-0.15, -0.1) is 0 Å². The van der Waals surface area contributed by atoms with Crippen LogP contribution in [0.15, 0.2) is 82.8 Å². The first-order valence-corrected chi connectivity index (χ1v) is 15.4. The molecule has 0 saturated heterocycles.